The average molecular weight is 359 g/mol. The van der Waals surface area contributed by atoms with Gasteiger partial charge in [-0.25, -0.2) is 0 Å². The van der Waals surface area contributed by atoms with Crippen LogP contribution in [0.4, 0.5) is 0 Å². The fourth-order valence-electron chi connectivity index (χ4n) is 8.52. The van der Waals surface area contributed by atoms with E-state index in [4.69, 9.17) is 0 Å². The summed E-state index contributed by atoms with van der Waals surface area (Å²) in [5, 5.41) is 10.2. The number of aliphatic hydroxyl groups excluding tert-OH is 1. The van der Waals surface area contributed by atoms with Crippen LogP contribution in [0.5, 0.6) is 0 Å². The van der Waals surface area contributed by atoms with Crippen LogP contribution < -0.4 is 0 Å². The lowest BCUT2D eigenvalue weighted by Gasteiger charge is -2.58. The Morgan fingerprint density at radius 3 is 2.54 bits per heavy atom. The van der Waals surface area contributed by atoms with Gasteiger partial charge in [0, 0.05) is 0 Å². The highest BCUT2D eigenvalue weighted by Crippen LogP contribution is 2.67. The van der Waals surface area contributed by atoms with E-state index >= 15 is 0 Å². The fraction of sp³-hybridized carbons (Fsp3) is 0.920. The van der Waals surface area contributed by atoms with Gasteiger partial charge in [-0.15, -0.1) is 0 Å². The lowest BCUT2D eigenvalue weighted by atomic mass is 9.47. The van der Waals surface area contributed by atoms with E-state index in [-0.39, 0.29) is 6.10 Å². The summed E-state index contributed by atoms with van der Waals surface area (Å²) < 4.78 is 0. The van der Waals surface area contributed by atoms with Gasteiger partial charge >= 0.3 is 0 Å². The molecule has 0 unspecified atom stereocenters. The zero-order chi connectivity index (χ0) is 18.7. The van der Waals surface area contributed by atoms with Crippen LogP contribution in [0.3, 0.4) is 0 Å². The maximum atomic E-state index is 10.2. The number of fused-ring (bicyclic) bond motifs is 5. The molecule has 26 heavy (non-hydrogen) atoms. The molecule has 0 saturated heterocycles. The van der Waals surface area contributed by atoms with Gasteiger partial charge in [-0.2, -0.15) is 0 Å². The van der Waals surface area contributed by atoms with E-state index in [0.717, 1.165) is 48.3 Å². The van der Waals surface area contributed by atoms with Crippen molar-refractivity contribution in [2.24, 2.45) is 46.3 Å². The quantitative estimate of drug-likeness (QED) is 0.563. The molecule has 0 heterocycles. The fourth-order valence-corrected chi connectivity index (χ4v) is 8.52. The highest BCUT2D eigenvalue weighted by atomic mass is 16.3. The Hall–Kier alpha value is -0.300. The summed E-state index contributed by atoms with van der Waals surface area (Å²) in [6.45, 7) is 12.6. The van der Waals surface area contributed by atoms with E-state index in [9.17, 15) is 5.11 Å². The van der Waals surface area contributed by atoms with Crippen molar-refractivity contribution in [3.05, 3.63) is 11.6 Å². The topological polar surface area (TPSA) is 20.2 Å². The van der Waals surface area contributed by atoms with Crippen LogP contribution in [0.15, 0.2) is 11.6 Å². The first-order valence-electron chi connectivity index (χ1n) is 11.6. The van der Waals surface area contributed by atoms with Gasteiger partial charge in [0.15, 0.2) is 0 Å². The minimum Gasteiger partial charge on any atom is -0.393 e. The summed E-state index contributed by atoms with van der Waals surface area (Å²) in [6.07, 6.45) is 14.3. The first-order valence-corrected chi connectivity index (χ1v) is 11.6. The third-order valence-corrected chi connectivity index (χ3v) is 9.68. The van der Waals surface area contributed by atoms with Gasteiger partial charge in [0.2, 0.25) is 0 Å². The molecule has 0 radical (unpaired) electrons. The molecule has 4 rings (SSSR count). The molecule has 0 spiro atoms. The summed E-state index contributed by atoms with van der Waals surface area (Å²) in [5.74, 6) is 5.40. The van der Waals surface area contributed by atoms with Crippen LogP contribution in [0.1, 0.15) is 92.4 Å². The van der Waals surface area contributed by atoms with E-state index in [0.29, 0.717) is 10.8 Å². The Morgan fingerprint density at radius 1 is 1.04 bits per heavy atom. The van der Waals surface area contributed by atoms with Crippen LogP contribution in [0.25, 0.3) is 0 Å². The van der Waals surface area contributed by atoms with Gasteiger partial charge in [-0.05, 0) is 104 Å². The zero-order valence-corrected chi connectivity index (χ0v) is 17.9. The molecule has 148 valence electrons. The van der Waals surface area contributed by atoms with E-state index in [2.05, 4.69) is 40.7 Å². The van der Waals surface area contributed by atoms with Crippen molar-refractivity contribution in [1.29, 1.82) is 0 Å². The molecule has 1 heteroatoms. The number of hydrogen-bond acceptors (Lipinski definition) is 1. The van der Waals surface area contributed by atoms with Gasteiger partial charge in [0.25, 0.3) is 0 Å². The smallest absolute Gasteiger partial charge is 0.0577 e. The predicted octanol–water partition coefficient (Wildman–Crippen LogP) is 6.61. The average Bonchev–Trinajstić information content (AvgIpc) is 2.92. The second kappa shape index (κ2) is 6.64. The molecule has 0 bridgehead atoms. The molecule has 4 aliphatic carbocycles. The number of aliphatic hydroxyl groups is 1. The van der Waals surface area contributed by atoms with Crippen molar-refractivity contribution < 1.29 is 5.11 Å². The number of rotatable bonds is 3. The van der Waals surface area contributed by atoms with Gasteiger partial charge in [-0.1, -0.05) is 46.3 Å². The molecule has 3 saturated carbocycles. The van der Waals surface area contributed by atoms with Gasteiger partial charge in [0.05, 0.1) is 6.10 Å². The maximum Gasteiger partial charge on any atom is 0.0577 e. The van der Waals surface area contributed by atoms with Crippen LogP contribution in [0.2, 0.25) is 0 Å². The normalized spacial score (nSPS) is 49.2. The van der Waals surface area contributed by atoms with E-state index < -0.39 is 0 Å². The minimum atomic E-state index is -0.0764. The Labute approximate surface area is 162 Å². The third kappa shape index (κ3) is 2.83. The SMILES string of the molecule is CC(C)C[C@@H](C)[C@H]1CC[C@H]2[C@@H]3CC=C4C[C@@H](O)CC[C@]4(C)[C@H]3CC[C@]12C. The Balaban J connectivity index is 1.58. The first kappa shape index (κ1) is 19.0. The molecule has 0 aromatic rings. The molecule has 0 aromatic heterocycles. The standard InChI is InChI=1S/C25H42O/c1-16(2)14-17(3)21-8-9-22-20-7-6-18-15-19(26)10-12-24(18,4)23(20)11-13-25(21,22)5/h6,16-17,19-23,26H,7-15H2,1-5H3/t17-,19+,20+,21-,22+,23+,24+,25-/m1/s1. The van der Waals surface area contributed by atoms with Gasteiger partial charge < -0.3 is 5.11 Å². The molecule has 0 amide bonds. The summed E-state index contributed by atoms with van der Waals surface area (Å²) in [6, 6.07) is 0. The molecular weight excluding hydrogens is 316 g/mol. The number of allylic oxidation sites excluding steroid dienone is 1. The molecule has 0 aromatic carbocycles. The van der Waals surface area contributed by atoms with E-state index in [1.54, 1.807) is 5.57 Å². The van der Waals surface area contributed by atoms with Crippen LogP contribution >= 0.6 is 0 Å². The Bertz CT molecular complexity index is 563. The van der Waals surface area contributed by atoms with Crippen molar-refractivity contribution in [2.45, 2.75) is 98.5 Å². The third-order valence-electron chi connectivity index (χ3n) is 9.68. The molecule has 1 N–H and O–H groups in total. The molecule has 8 atom stereocenters. The van der Waals surface area contributed by atoms with Crippen molar-refractivity contribution in [3.8, 4) is 0 Å². The first-order chi connectivity index (χ1) is 12.3. The van der Waals surface area contributed by atoms with E-state index in [1.807, 2.05) is 0 Å². The highest BCUT2D eigenvalue weighted by molar-refractivity contribution is 5.25. The van der Waals surface area contributed by atoms with Crippen LogP contribution in [-0.4, -0.2) is 11.2 Å². The monoisotopic (exact) mass is 358 g/mol. The van der Waals surface area contributed by atoms with Crippen molar-refractivity contribution >= 4 is 0 Å². The minimum absolute atomic E-state index is 0.0764. The largest absolute Gasteiger partial charge is 0.393 e. The lowest BCUT2D eigenvalue weighted by molar-refractivity contribution is -0.0577. The number of hydrogen-bond donors (Lipinski definition) is 1. The summed E-state index contributed by atoms with van der Waals surface area (Å²) >= 11 is 0. The van der Waals surface area contributed by atoms with Gasteiger partial charge in [-0.3, -0.25) is 0 Å². The molecule has 4 aliphatic rings. The Kier molecular flexibility index (Phi) is 4.86. The van der Waals surface area contributed by atoms with Crippen molar-refractivity contribution in [3.63, 3.8) is 0 Å². The Morgan fingerprint density at radius 2 is 1.81 bits per heavy atom. The molecule has 1 nitrogen and oxygen atoms in total. The van der Waals surface area contributed by atoms with E-state index in [1.165, 1.54) is 44.9 Å². The highest BCUT2D eigenvalue weighted by Gasteiger charge is 2.59. The summed E-state index contributed by atoms with van der Waals surface area (Å²) in [7, 11) is 0. The summed E-state index contributed by atoms with van der Waals surface area (Å²) in [4.78, 5) is 0. The van der Waals surface area contributed by atoms with Crippen LogP contribution in [-0.2, 0) is 0 Å². The van der Waals surface area contributed by atoms with Crippen molar-refractivity contribution in [1.82, 2.24) is 0 Å². The molecule has 0 aliphatic heterocycles. The van der Waals surface area contributed by atoms with Gasteiger partial charge in [0.1, 0.15) is 0 Å². The molecule has 3 fully saturated rings. The molecular formula is C25H42O. The van der Waals surface area contributed by atoms with Crippen molar-refractivity contribution in [2.75, 3.05) is 0 Å². The van der Waals surface area contributed by atoms with Crippen LogP contribution in [0, 0.1) is 46.3 Å². The lowest BCUT2D eigenvalue weighted by Crippen LogP contribution is -2.50. The summed E-state index contributed by atoms with van der Waals surface area (Å²) in [5.41, 5.74) is 2.60. The maximum absolute atomic E-state index is 10.2. The predicted molar refractivity (Wildman–Crippen MR) is 110 cm³/mol. The zero-order valence-electron chi connectivity index (χ0n) is 17.9. The second-order valence-corrected chi connectivity index (χ2v) is 11.5. The second-order valence-electron chi connectivity index (χ2n) is 11.5.